The van der Waals surface area contributed by atoms with Gasteiger partial charge >= 0.3 is 12.2 Å². The molecule has 3 aromatic rings. The summed E-state index contributed by atoms with van der Waals surface area (Å²) in [6, 6.07) is 18.0. The van der Waals surface area contributed by atoms with Gasteiger partial charge in [0.1, 0.15) is 6.61 Å². The van der Waals surface area contributed by atoms with E-state index in [9.17, 15) is 19.8 Å². The van der Waals surface area contributed by atoms with Crippen molar-refractivity contribution in [1.82, 2.24) is 15.2 Å². The average molecular weight is 526 g/mol. The van der Waals surface area contributed by atoms with Gasteiger partial charge < -0.3 is 25.2 Å². The number of benzene rings is 2. The van der Waals surface area contributed by atoms with Gasteiger partial charge in [-0.15, -0.1) is 11.3 Å². The van der Waals surface area contributed by atoms with Crippen LogP contribution in [0.15, 0.2) is 72.4 Å². The Morgan fingerprint density at radius 2 is 1.65 bits per heavy atom. The van der Waals surface area contributed by atoms with Crippen LogP contribution in [-0.4, -0.2) is 57.0 Å². The summed E-state index contributed by atoms with van der Waals surface area (Å²) in [5, 5.41) is 24.2. The Bertz CT molecular complexity index is 1080. The van der Waals surface area contributed by atoms with Crippen LogP contribution in [0.2, 0.25) is 0 Å². The molecule has 3 rings (SSSR count). The summed E-state index contributed by atoms with van der Waals surface area (Å²) in [5.74, 6) is 0.117. The Kier molecular flexibility index (Phi) is 10.9. The Labute approximate surface area is 221 Å². The Hall–Kier alpha value is -3.43. The summed E-state index contributed by atoms with van der Waals surface area (Å²) in [6.45, 7) is 4.35. The molecule has 0 aliphatic carbocycles. The summed E-state index contributed by atoms with van der Waals surface area (Å²) in [6.07, 6.45) is -0.0850. The molecule has 2 amide bonds. The number of hydrogen-bond donors (Lipinski definition) is 3. The van der Waals surface area contributed by atoms with E-state index in [1.807, 2.05) is 74.5 Å². The zero-order chi connectivity index (χ0) is 26.6. The maximum atomic E-state index is 12.6. The van der Waals surface area contributed by atoms with Crippen LogP contribution in [0.4, 0.5) is 9.59 Å². The van der Waals surface area contributed by atoms with E-state index in [2.05, 4.69) is 10.3 Å². The van der Waals surface area contributed by atoms with Crippen molar-refractivity contribution < 1.29 is 24.5 Å². The van der Waals surface area contributed by atoms with Gasteiger partial charge in [-0.3, -0.25) is 4.98 Å². The molecule has 3 unspecified atom stereocenters. The minimum Gasteiger partial charge on any atom is -0.465 e. The molecule has 9 heteroatoms. The number of carbonyl (C=O) groups is 2. The lowest BCUT2D eigenvalue weighted by atomic mass is 9.92. The first-order chi connectivity index (χ1) is 17.8. The SMILES string of the molecule is CC(C)CN(C(=O)O)C(Cc1ccccc1)CC(O)C(Cc1ccccc1)NC(=O)OCc1cncs1. The second-order valence-corrected chi connectivity index (χ2v) is 10.4. The van der Waals surface area contributed by atoms with Gasteiger partial charge in [-0.25, -0.2) is 9.59 Å². The van der Waals surface area contributed by atoms with Gasteiger partial charge in [-0.1, -0.05) is 74.5 Å². The van der Waals surface area contributed by atoms with E-state index in [0.29, 0.717) is 19.4 Å². The largest absolute Gasteiger partial charge is 0.465 e. The third-order valence-electron chi connectivity index (χ3n) is 5.97. The minimum atomic E-state index is -1.03. The van der Waals surface area contributed by atoms with Crippen LogP contribution in [-0.2, 0) is 24.2 Å². The average Bonchev–Trinajstić information content (AvgIpc) is 3.40. The summed E-state index contributed by atoms with van der Waals surface area (Å²) in [4.78, 5) is 31.1. The van der Waals surface area contributed by atoms with Crippen LogP contribution in [0.1, 0.15) is 36.3 Å². The van der Waals surface area contributed by atoms with Crippen molar-refractivity contribution in [3.05, 3.63) is 88.4 Å². The van der Waals surface area contributed by atoms with Gasteiger partial charge in [-0.05, 0) is 36.3 Å². The number of carbonyl (C=O) groups excluding carboxylic acids is 1. The first kappa shape index (κ1) is 28.1. The molecule has 37 heavy (non-hydrogen) atoms. The second-order valence-electron chi connectivity index (χ2n) is 9.46. The highest BCUT2D eigenvalue weighted by Gasteiger charge is 2.31. The van der Waals surface area contributed by atoms with E-state index in [4.69, 9.17) is 4.74 Å². The van der Waals surface area contributed by atoms with Crippen LogP contribution in [0.25, 0.3) is 0 Å². The fourth-order valence-electron chi connectivity index (χ4n) is 4.22. The predicted octanol–water partition coefficient (Wildman–Crippen LogP) is 4.98. The van der Waals surface area contributed by atoms with Gasteiger partial charge in [0.25, 0.3) is 0 Å². The Morgan fingerprint density at radius 3 is 2.19 bits per heavy atom. The molecule has 0 saturated heterocycles. The molecule has 1 aromatic heterocycles. The summed E-state index contributed by atoms with van der Waals surface area (Å²) in [7, 11) is 0. The number of rotatable bonds is 13. The molecule has 0 radical (unpaired) electrons. The van der Waals surface area contributed by atoms with E-state index in [1.54, 1.807) is 11.7 Å². The molecule has 1 heterocycles. The smallest absolute Gasteiger partial charge is 0.407 e. The number of carboxylic acid groups (broad SMARTS) is 1. The number of thiazole rings is 1. The Morgan fingerprint density at radius 1 is 1.03 bits per heavy atom. The molecule has 0 aliphatic heterocycles. The summed E-state index contributed by atoms with van der Waals surface area (Å²) in [5.41, 5.74) is 3.58. The highest BCUT2D eigenvalue weighted by atomic mass is 32.1. The van der Waals surface area contributed by atoms with Crippen molar-refractivity contribution in [3.8, 4) is 0 Å². The van der Waals surface area contributed by atoms with Crippen LogP contribution in [0.3, 0.4) is 0 Å². The zero-order valence-electron chi connectivity index (χ0n) is 21.2. The molecule has 3 atom stereocenters. The molecule has 198 valence electrons. The van der Waals surface area contributed by atoms with Crippen molar-refractivity contribution in [2.45, 2.75) is 57.9 Å². The zero-order valence-corrected chi connectivity index (χ0v) is 22.0. The van der Waals surface area contributed by atoms with Gasteiger partial charge in [0.15, 0.2) is 0 Å². The third-order valence-corrected chi connectivity index (χ3v) is 6.72. The number of aromatic nitrogens is 1. The highest BCUT2D eigenvalue weighted by molar-refractivity contribution is 7.09. The number of aliphatic hydroxyl groups is 1. The maximum Gasteiger partial charge on any atom is 0.407 e. The maximum absolute atomic E-state index is 12.6. The van der Waals surface area contributed by atoms with Crippen LogP contribution in [0, 0.1) is 5.92 Å². The van der Waals surface area contributed by atoms with Crippen LogP contribution in [0.5, 0.6) is 0 Å². The molecule has 2 aromatic carbocycles. The van der Waals surface area contributed by atoms with Gasteiger partial charge in [0.2, 0.25) is 0 Å². The molecule has 0 bridgehead atoms. The van der Waals surface area contributed by atoms with E-state index in [0.717, 1.165) is 16.0 Å². The molecule has 8 nitrogen and oxygen atoms in total. The molecule has 0 fully saturated rings. The first-order valence-corrected chi connectivity index (χ1v) is 13.3. The lowest BCUT2D eigenvalue weighted by molar-refractivity contribution is 0.0609. The number of alkyl carbamates (subject to hydrolysis) is 1. The van der Waals surface area contributed by atoms with Gasteiger partial charge in [-0.2, -0.15) is 0 Å². The summed E-state index contributed by atoms with van der Waals surface area (Å²) >= 11 is 1.39. The van der Waals surface area contributed by atoms with Crippen molar-refractivity contribution in [2.24, 2.45) is 5.92 Å². The van der Waals surface area contributed by atoms with Crippen molar-refractivity contribution in [1.29, 1.82) is 0 Å². The van der Waals surface area contributed by atoms with Crippen molar-refractivity contribution >= 4 is 23.5 Å². The lowest BCUT2D eigenvalue weighted by Crippen LogP contribution is -2.50. The van der Waals surface area contributed by atoms with Gasteiger partial charge in [0, 0.05) is 18.8 Å². The van der Waals surface area contributed by atoms with E-state index in [-0.39, 0.29) is 18.9 Å². The van der Waals surface area contributed by atoms with E-state index in [1.165, 1.54) is 16.2 Å². The number of nitrogens with one attached hydrogen (secondary N) is 1. The number of nitrogens with zero attached hydrogens (tertiary/aromatic N) is 2. The second kappa shape index (κ2) is 14.3. The quantitative estimate of drug-likeness (QED) is 0.290. The third kappa shape index (κ3) is 9.51. The fraction of sp³-hybridized carbons (Fsp3) is 0.393. The van der Waals surface area contributed by atoms with Crippen LogP contribution >= 0.6 is 11.3 Å². The monoisotopic (exact) mass is 525 g/mol. The normalized spacial score (nSPS) is 13.5. The first-order valence-electron chi connectivity index (χ1n) is 12.4. The number of aliphatic hydroxyl groups excluding tert-OH is 1. The van der Waals surface area contributed by atoms with Crippen molar-refractivity contribution in [3.63, 3.8) is 0 Å². The summed E-state index contributed by atoms with van der Waals surface area (Å²) < 4.78 is 5.35. The van der Waals surface area contributed by atoms with Crippen LogP contribution < -0.4 is 5.32 Å². The molecular weight excluding hydrogens is 490 g/mol. The molecule has 3 N–H and O–H groups in total. The lowest BCUT2D eigenvalue weighted by Gasteiger charge is -2.34. The fourth-order valence-corrected chi connectivity index (χ4v) is 4.73. The Balaban J connectivity index is 1.78. The highest BCUT2D eigenvalue weighted by Crippen LogP contribution is 2.20. The van der Waals surface area contributed by atoms with E-state index < -0.39 is 30.4 Å². The molecule has 0 aliphatic rings. The standard InChI is InChI=1S/C28H35N3O5S/c1-20(2)17-31(28(34)35)23(13-21-9-5-3-6-10-21)15-26(32)25(14-22-11-7-4-8-12-22)30-27(33)36-18-24-16-29-19-37-24/h3-12,16,19-20,23,25-26,32H,13-15,17-18H2,1-2H3,(H,30,33)(H,34,35). The number of ether oxygens (including phenoxy) is 1. The number of hydrogen-bond acceptors (Lipinski definition) is 6. The molecule has 0 spiro atoms. The van der Waals surface area contributed by atoms with Gasteiger partial charge in [0.05, 0.1) is 22.5 Å². The van der Waals surface area contributed by atoms with Crippen molar-refractivity contribution in [2.75, 3.05) is 6.54 Å². The number of amides is 2. The predicted molar refractivity (Wildman–Crippen MR) is 143 cm³/mol. The van der Waals surface area contributed by atoms with E-state index >= 15 is 0 Å². The minimum absolute atomic E-state index is 0.0858. The topological polar surface area (TPSA) is 112 Å². The molecular formula is C28H35N3O5S. The molecule has 0 saturated carbocycles.